The minimum Gasteiger partial charge on any atom is -0.506 e. The second kappa shape index (κ2) is 18.5. The average Bonchev–Trinajstić information content (AvgIpc) is 3.12. The van der Waals surface area contributed by atoms with E-state index < -0.39 is 0 Å². The maximum Gasteiger partial charge on any atom is 0.146 e. The van der Waals surface area contributed by atoms with Gasteiger partial charge in [0.1, 0.15) is 45.7 Å². The summed E-state index contributed by atoms with van der Waals surface area (Å²) in [5, 5.41) is 62.3. The van der Waals surface area contributed by atoms with Crippen LogP contribution in [0.2, 0.25) is 10.0 Å². The van der Waals surface area contributed by atoms with Gasteiger partial charge < -0.3 is 20.4 Å². The summed E-state index contributed by atoms with van der Waals surface area (Å²) in [6.07, 6.45) is 5.60. The van der Waals surface area contributed by atoms with Crippen LogP contribution in [0.3, 0.4) is 0 Å². The van der Waals surface area contributed by atoms with Crippen LogP contribution in [0.4, 0.5) is 22.7 Å². The Morgan fingerprint density at radius 2 is 0.902 bits per heavy atom. The first kappa shape index (κ1) is 39.1. The van der Waals surface area contributed by atoms with Gasteiger partial charge in [-0.15, -0.1) is 20.5 Å². The van der Waals surface area contributed by atoms with Crippen molar-refractivity contribution in [2.75, 3.05) is 0 Å². The molecule has 0 fully saturated rings. The quantitative estimate of drug-likeness (QED) is 0.0817. The molecule has 0 radical (unpaired) electrons. The molecule has 11 heteroatoms. The summed E-state index contributed by atoms with van der Waals surface area (Å²) in [4.78, 5) is 0. The summed E-state index contributed by atoms with van der Waals surface area (Å²) in [5.41, 5.74) is 3.03. The van der Waals surface area contributed by atoms with Crippen molar-refractivity contribution in [3.63, 3.8) is 0 Å². The van der Waals surface area contributed by atoms with E-state index in [1.54, 1.807) is 12.1 Å². The smallest absolute Gasteiger partial charge is 0.146 e. The number of aryl methyl sites for hydroxylation is 2. The van der Waals surface area contributed by atoms with Gasteiger partial charge in [0.2, 0.25) is 0 Å². The van der Waals surface area contributed by atoms with E-state index in [-0.39, 0.29) is 51.4 Å². The van der Waals surface area contributed by atoms with E-state index in [0.29, 0.717) is 21.4 Å². The molecule has 0 bridgehead atoms. The molecule has 8 nitrogen and oxygen atoms in total. The number of fused-ring (bicyclic) bond motifs is 2. The van der Waals surface area contributed by atoms with Gasteiger partial charge in [0.25, 0.3) is 0 Å². The molecule has 6 rings (SSSR count). The van der Waals surface area contributed by atoms with E-state index in [9.17, 15) is 20.4 Å². The number of phenols is 4. The van der Waals surface area contributed by atoms with Crippen LogP contribution in [0, 0.1) is 0 Å². The summed E-state index contributed by atoms with van der Waals surface area (Å²) >= 11 is 11.9. The number of aromatic hydroxyl groups is 4. The van der Waals surface area contributed by atoms with Crippen molar-refractivity contribution in [2.45, 2.75) is 52.4 Å². The minimum atomic E-state index is -0.0147. The zero-order valence-electron chi connectivity index (χ0n) is 28.2. The van der Waals surface area contributed by atoms with Crippen molar-refractivity contribution >= 4 is 67.5 Å². The van der Waals surface area contributed by atoms with Gasteiger partial charge in [-0.25, -0.2) is 0 Å². The predicted molar refractivity (Wildman–Crippen MR) is 203 cm³/mol. The molecule has 4 N–H and O–H groups in total. The number of unbranched alkanes of at least 4 members (excludes halogenated alkanes) is 2. The topological polar surface area (TPSA) is 130 Å². The molecule has 0 saturated heterocycles. The van der Waals surface area contributed by atoms with Crippen LogP contribution < -0.4 is 0 Å². The standard InChI is InChI=1S/2C20H19ClN2O2.Fe/c2*1-2-3-6-14-11-13-7-4-5-8-16(13)19(20(14)25)23-22-17-12-15(21)9-10-18(17)24;/h2*4-5,7-12,24-25H,2-3,6H2,1H3;. The molecular weight excluding hydrogens is 727 g/mol. The van der Waals surface area contributed by atoms with Gasteiger partial charge in [-0.2, -0.15) is 0 Å². The van der Waals surface area contributed by atoms with Crippen LogP contribution in [0.5, 0.6) is 23.0 Å². The van der Waals surface area contributed by atoms with Gasteiger partial charge in [0, 0.05) is 37.9 Å². The Labute approximate surface area is 317 Å². The number of hydrogen-bond donors (Lipinski definition) is 4. The molecule has 0 saturated carbocycles. The summed E-state index contributed by atoms with van der Waals surface area (Å²) in [5.74, 6) is 0.244. The Morgan fingerprint density at radius 3 is 1.29 bits per heavy atom. The fraction of sp³-hybridized carbons (Fsp3) is 0.200. The summed E-state index contributed by atoms with van der Waals surface area (Å²) in [7, 11) is 0. The Kier molecular flexibility index (Phi) is 14.2. The Bertz CT molecular complexity index is 2040. The molecule has 0 amide bonds. The first-order valence-electron chi connectivity index (χ1n) is 16.5. The van der Waals surface area contributed by atoms with Gasteiger partial charge in [0.15, 0.2) is 0 Å². The summed E-state index contributed by atoms with van der Waals surface area (Å²) in [6.45, 7) is 4.22. The van der Waals surface area contributed by atoms with Crippen molar-refractivity contribution in [2.24, 2.45) is 20.5 Å². The number of rotatable bonds is 10. The Morgan fingerprint density at radius 1 is 0.510 bits per heavy atom. The van der Waals surface area contributed by atoms with Crippen LogP contribution in [-0.4, -0.2) is 20.4 Å². The third-order valence-electron chi connectivity index (χ3n) is 8.14. The minimum absolute atomic E-state index is 0. The van der Waals surface area contributed by atoms with E-state index in [1.807, 2.05) is 60.7 Å². The van der Waals surface area contributed by atoms with E-state index in [2.05, 4.69) is 34.3 Å². The number of phenolic OH excluding ortho intramolecular Hbond substituents is 4. The third kappa shape index (κ3) is 9.77. The molecule has 0 heterocycles. The summed E-state index contributed by atoms with van der Waals surface area (Å²) in [6, 6.07) is 28.6. The van der Waals surface area contributed by atoms with Crippen LogP contribution in [-0.2, 0) is 29.9 Å². The van der Waals surface area contributed by atoms with E-state index in [1.165, 1.54) is 24.3 Å². The number of benzene rings is 6. The number of halogens is 2. The van der Waals surface area contributed by atoms with Crippen molar-refractivity contribution in [3.05, 3.63) is 118 Å². The molecular formula is C40H38Cl2FeN4O4. The van der Waals surface area contributed by atoms with Gasteiger partial charge in [-0.3, -0.25) is 0 Å². The molecule has 6 aromatic rings. The zero-order valence-corrected chi connectivity index (χ0v) is 30.8. The van der Waals surface area contributed by atoms with Crippen molar-refractivity contribution < 1.29 is 37.5 Å². The Hall–Kier alpha value is -4.66. The van der Waals surface area contributed by atoms with Crippen LogP contribution in [0.15, 0.2) is 118 Å². The van der Waals surface area contributed by atoms with Gasteiger partial charge in [-0.1, -0.05) is 98.4 Å². The zero-order chi connectivity index (χ0) is 35.6. The average molecular weight is 766 g/mol. The van der Waals surface area contributed by atoms with E-state index in [4.69, 9.17) is 23.2 Å². The predicted octanol–water partition coefficient (Wildman–Crippen LogP) is 13.3. The molecule has 51 heavy (non-hydrogen) atoms. The molecule has 0 aromatic heterocycles. The van der Waals surface area contributed by atoms with E-state index in [0.717, 1.165) is 71.2 Å². The third-order valence-corrected chi connectivity index (χ3v) is 8.61. The largest absolute Gasteiger partial charge is 0.506 e. The van der Waals surface area contributed by atoms with Crippen LogP contribution >= 0.6 is 23.2 Å². The van der Waals surface area contributed by atoms with Crippen molar-refractivity contribution in [3.8, 4) is 23.0 Å². The molecule has 264 valence electrons. The molecule has 0 spiro atoms. The maximum atomic E-state index is 10.7. The maximum absolute atomic E-state index is 10.7. The second-order valence-corrected chi connectivity index (χ2v) is 12.7. The number of nitrogens with zero attached hydrogens (tertiary/aromatic N) is 4. The molecule has 0 atom stereocenters. The molecule has 0 unspecified atom stereocenters. The molecule has 0 aliphatic rings. The van der Waals surface area contributed by atoms with Gasteiger partial charge >= 0.3 is 0 Å². The monoisotopic (exact) mass is 764 g/mol. The van der Waals surface area contributed by atoms with Crippen LogP contribution in [0.1, 0.15) is 50.7 Å². The van der Waals surface area contributed by atoms with Crippen LogP contribution in [0.25, 0.3) is 21.5 Å². The Balaban J connectivity index is 0.000000224. The normalized spacial score (nSPS) is 11.2. The van der Waals surface area contributed by atoms with Gasteiger partial charge in [0.05, 0.1) is 0 Å². The van der Waals surface area contributed by atoms with Crippen molar-refractivity contribution in [1.82, 2.24) is 0 Å². The molecule has 0 aliphatic heterocycles. The van der Waals surface area contributed by atoms with Crippen molar-refractivity contribution in [1.29, 1.82) is 0 Å². The summed E-state index contributed by atoms with van der Waals surface area (Å²) < 4.78 is 0. The fourth-order valence-electron chi connectivity index (χ4n) is 5.43. The number of azo groups is 2. The SMILES string of the molecule is CCCCc1cc2ccccc2c(N=Nc2cc(Cl)ccc2O)c1O.CCCCc1cc2ccccc2c(N=Nc2cc(Cl)ccc2O)c1O.[Fe]. The fourth-order valence-corrected chi connectivity index (χ4v) is 5.76. The van der Waals surface area contributed by atoms with Gasteiger partial charge in [-0.05, 0) is 96.1 Å². The van der Waals surface area contributed by atoms with E-state index >= 15 is 0 Å². The number of hydrogen-bond acceptors (Lipinski definition) is 8. The second-order valence-electron chi connectivity index (χ2n) is 11.8. The first-order chi connectivity index (χ1) is 24.2. The first-order valence-corrected chi connectivity index (χ1v) is 17.2. The molecule has 0 aliphatic carbocycles. The molecule has 6 aromatic carbocycles.